The topological polar surface area (TPSA) is 38.0 Å². The highest BCUT2D eigenvalue weighted by molar-refractivity contribution is 8.00. The SMILES string of the molecule is CC1SCCCC1(CN)NCC(C1CC1)C1CC1. The number of hydrogen-bond acceptors (Lipinski definition) is 3. The average molecular weight is 268 g/mol. The molecule has 3 N–H and O–H groups in total. The van der Waals surface area contributed by atoms with Gasteiger partial charge in [-0.05, 0) is 68.6 Å². The largest absolute Gasteiger partial charge is 0.329 e. The summed E-state index contributed by atoms with van der Waals surface area (Å²) in [4.78, 5) is 0. The molecular formula is C15H28N2S. The van der Waals surface area contributed by atoms with E-state index in [9.17, 15) is 0 Å². The number of nitrogens with one attached hydrogen (secondary N) is 1. The van der Waals surface area contributed by atoms with Gasteiger partial charge in [0.2, 0.25) is 0 Å². The van der Waals surface area contributed by atoms with Crippen molar-refractivity contribution in [3.63, 3.8) is 0 Å². The number of rotatable bonds is 6. The Kier molecular flexibility index (Phi) is 3.93. The zero-order valence-electron chi connectivity index (χ0n) is 11.7. The monoisotopic (exact) mass is 268 g/mol. The van der Waals surface area contributed by atoms with Crippen LogP contribution in [0.5, 0.6) is 0 Å². The fourth-order valence-electron chi connectivity index (χ4n) is 3.67. The van der Waals surface area contributed by atoms with Gasteiger partial charge in [-0.15, -0.1) is 0 Å². The Morgan fingerprint density at radius 3 is 2.44 bits per heavy atom. The van der Waals surface area contributed by atoms with E-state index in [0.29, 0.717) is 5.25 Å². The molecule has 2 unspecified atom stereocenters. The summed E-state index contributed by atoms with van der Waals surface area (Å²) in [5.74, 6) is 4.38. The first-order valence-corrected chi connectivity index (χ1v) is 8.87. The van der Waals surface area contributed by atoms with Gasteiger partial charge in [-0.2, -0.15) is 11.8 Å². The van der Waals surface area contributed by atoms with Crippen molar-refractivity contribution in [2.75, 3.05) is 18.8 Å². The van der Waals surface area contributed by atoms with E-state index in [1.807, 2.05) is 0 Å². The van der Waals surface area contributed by atoms with Crippen LogP contribution >= 0.6 is 11.8 Å². The predicted octanol–water partition coefficient (Wildman–Crippen LogP) is 2.63. The summed E-state index contributed by atoms with van der Waals surface area (Å²) in [5, 5.41) is 4.61. The summed E-state index contributed by atoms with van der Waals surface area (Å²) < 4.78 is 0. The van der Waals surface area contributed by atoms with Crippen LogP contribution < -0.4 is 11.1 Å². The van der Waals surface area contributed by atoms with Crippen LogP contribution in [0.15, 0.2) is 0 Å². The van der Waals surface area contributed by atoms with Gasteiger partial charge in [0.1, 0.15) is 0 Å². The van der Waals surface area contributed by atoms with Crippen LogP contribution in [-0.4, -0.2) is 29.6 Å². The second-order valence-corrected chi connectivity index (χ2v) is 8.15. The summed E-state index contributed by atoms with van der Waals surface area (Å²) in [5.41, 5.74) is 6.35. The maximum Gasteiger partial charge on any atom is 0.0421 e. The molecule has 2 aliphatic carbocycles. The molecule has 3 rings (SSSR count). The van der Waals surface area contributed by atoms with Gasteiger partial charge in [0, 0.05) is 17.3 Å². The Morgan fingerprint density at radius 1 is 1.28 bits per heavy atom. The fraction of sp³-hybridized carbons (Fsp3) is 1.00. The molecule has 2 saturated carbocycles. The van der Waals surface area contributed by atoms with Gasteiger partial charge in [0.25, 0.3) is 0 Å². The van der Waals surface area contributed by atoms with Crippen molar-refractivity contribution in [3.05, 3.63) is 0 Å². The zero-order valence-corrected chi connectivity index (χ0v) is 12.5. The summed E-state index contributed by atoms with van der Waals surface area (Å²) in [6.07, 6.45) is 8.56. The summed E-state index contributed by atoms with van der Waals surface area (Å²) in [7, 11) is 0. The molecule has 3 aliphatic rings. The highest BCUT2D eigenvalue weighted by atomic mass is 32.2. The van der Waals surface area contributed by atoms with E-state index < -0.39 is 0 Å². The molecule has 0 spiro atoms. The van der Waals surface area contributed by atoms with Crippen LogP contribution in [0.1, 0.15) is 45.4 Å². The van der Waals surface area contributed by atoms with E-state index in [1.54, 1.807) is 0 Å². The minimum Gasteiger partial charge on any atom is -0.329 e. The molecule has 1 aliphatic heterocycles. The van der Waals surface area contributed by atoms with Gasteiger partial charge in [0.15, 0.2) is 0 Å². The third kappa shape index (κ3) is 2.73. The third-order valence-corrected chi connectivity index (χ3v) is 6.90. The summed E-state index contributed by atoms with van der Waals surface area (Å²) >= 11 is 2.11. The van der Waals surface area contributed by atoms with Crippen molar-refractivity contribution in [2.45, 2.75) is 56.2 Å². The van der Waals surface area contributed by atoms with E-state index in [-0.39, 0.29) is 5.54 Å². The second-order valence-electron chi connectivity index (χ2n) is 6.70. The summed E-state index contributed by atoms with van der Waals surface area (Å²) in [6, 6.07) is 0. The number of thioether (sulfide) groups is 1. The summed E-state index contributed by atoms with van der Waals surface area (Å²) in [6.45, 7) is 4.41. The molecule has 0 bridgehead atoms. The average Bonchev–Trinajstić information content (AvgIpc) is 3.26. The van der Waals surface area contributed by atoms with E-state index in [4.69, 9.17) is 5.73 Å². The lowest BCUT2D eigenvalue weighted by Crippen LogP contribution is -2.60. The van der Waals surface area contributed by atoms with Crippen LogP contribution in [0.25, 0.3) is 0 Å². The third-order valence-electron chi connectivity index (χ3n) is 5.42. The van der Waals surface area contributed by atoms with Crippen LogP contribution in [0.3, 0.4) is 0 Å². The van der Waals surface area contributed by atoms with Crippen molar-refractivity contribution in [1.29, 1.82) is 0 Å². The second kappa shape index (κ2) is 5.34. The Morgan fingerprint density at radius 2 is 1.94 bits per heavy atom. The van der Waals surface area contributed by atoms with Crippen LogP contribution in [-0.2, 0) is 0 Å². The lowest BCUT2D eigenvalue weighted by atomic mass is 9.87. The van der Waals surface area contributed by atoms with Crippen LogP contribution in [0.4, 0.5) is 0 Å². The van der Waals surface area contributed by atoms with Gasteiger partial charge >= 0.3 is 0 Å². The molecule has 0 aromatic carbocycles. The standard InChI is InChI=1S/C15H28N2S/c1-11-15(10-16,7-2-8-18-11)17-9-14(12-3-4-12)13-5-6-13/h11-14,17H,2-10,16H2,1H3. The van der Waals surface area contributed by atoms with Crippen LogP contribution in [0.2, 0.25) is 0 Å². The van der Waals surface area contributed by atoms with E-state index in [0.717, 1.165) is 24.3 Å². The van der Waals surface area contributed by atoms with Crippen molar-refractivity contribution in [1.82, 2.24) is 5.32 Å². The van der Waals surface area contributed by atoms with Crippen LogP contribution in [0, 0.1) is 17.8 Å². The van der Waals surface area contributed by atoms with E-state index in [1.165, 1.54) is 50.8 Å². The molecule has 3 fully saturated rings. The molecule has 0 amide bonds. The maximum absolute atomic E-state index is 6.12. The zero-order chi connectivity index (χ0) is 12.6. The Hall–Kier alpha value is 0.270. The van der Waals surface area contributed by atoms with Gasteiger partial charge in [-0.1, -0.05) is 6.92 Å². The molecule has 2 atom stereocenters. The molecule has 1 heterocycles. The molecule has 1 saturated heterocycles. The Balaban J connectivity index is 1.58. The molecule has 2 nitrogen and oxygen atoms in total. The molecule has 0 radical (unpaired) electrons. The van der Waals surface area contributed by atoms with E-state index in [2.05, 4.69) is 24.0 Å². The fourth-order valence-corrected chi connectivity index (χ4v) is 4.95. The highest BCUT2D eigenvalue weighted by Gasteiger charge is 2.43. The van der Waals surface area contributed by atoms with Crippen molar-refractivity contribution < 1.29 is 0 Å². The van der Waals surface area contributed by atoms with Crippen molar-refractivity contribution >= 4 is 11.8 Å². The molecule has 3 heteroatoms. The van der Waals surface area contributed by atoms with Gasteiger partial charge in [0.05, 0.1) is 0 Å². The maximum atomic E-state index is 6.12. The van der Waals surface area contributed by atoms with Gasteiger partial charge < -0.3 is 11.1 Å². The van der Waals surface area contributed by atoms with E-state index >= 15 is 0 Å². The number of hydrogen-bond donors (Lipinski definition) is 2. The quantitative estimate of drug-likeness (QED) is 0.778. The first kappa shape index (κ1) is 13.3. The normalized spacial score (nSPS) is 37.2. The molecule has 0 aromatic heterocycles. The lowest BCUT2D eigenvalue weighted by Gasteiger charge is -2.43. The van der Waals surface area contributed by atoms with Crippen molar-refractivity contribution in [2.24, 2.45) is 23.5 Å². The van der Waals surface area contributed by atoms with Crippen molar-refractivity contribution in [3.8, 4) is 0 Å². The highest BCUT2D eigenvalue weighted by Crippen LogP contribution is 2.49. The Bertz CT molecular complexity index is 276. The lowest BCUT2D eigenvalue weighted by molar-refractivity contribution is 0.257. The Labute approximate surface area is 116 Å². The predicted molar refractivity (Wildman–Crippen MR) is 79.9 cm³/mol. The smallest absolute Gasteiger partial charge is 0.0421 e. The van der Waals surface area contributed by atoms with Gasteiger partial charge in [-0.25, -0.2) is 0 Å². The molecular weight excluding hydrogens is 240 g/mol. The first-order valence-electron chi connectivity index (χ1n) is 7.82. The molecule has 104 valence electrons. The molecule has 18 heavy (non-hydrogen) atoms. The van der Waals surface area contributed by atoms with Gasteiger partial charge in [-0.3, -0.25) is 0 Å². The molecule has 0 aromatic rings. The minimum atomic E-state index is 0.227. The first-order chi connectivity index (χ1) is 8.75. The minimum absolute atomic E-state index is 0.227. The number of nitrogens with two attached hydrogens (primary N) is 1.